The molecule has 0 radical (unpaired) electrons. The molecule has 1 unspecified atom stereocenters. The van der Waals surface area contributed by atoms with Crippen molar-refractivity contribution in [2.75, 3.05) is 25.5 Å². The summed E-state index contributed by atoms with van der Waals surface area (Å²) >= 11 is 0. The van der Waals surface area contributed by atoms with Gasteiger partial charge in [-0.15, -0.1) is 3.89 Å². The van der Waals surface area contributed by atoms with Crippen LogP contribution in [0.3, 0.4) is 0 Å². The number of carbonyl (C=O) groups is 1. The first-order valence-electron chi connectivity index (χ1n) is 5.58. The average molecular weight is 283 g/mol. The van der Waals surface area contributed by atoms with Crippen molar-refractivity contribution in [1.82, 2.24) is 4.90 Å². The Morgan fingerprint density at radius 1 is 1.50 bits per heavy atom. The maximum atomic E-state index is 12.7. The van der Waals surface area contributed by atoms with E-state index in [4.69, 9.17) is 9.47 Å². The third-order valence-electron chi connectivity index (χ3n) is 2.25. The van der Waals surface area contributed by atoms with Crippen LogP contribution in [-0.2, 0) is 19.7 Å². The second-order valence-corrected chi connectivity index (χ2v) is 6.52. The minimum absolute atomic E-state index is 0.0115. The fourth-order valence-electron chi connectivity index (χ4n) is 1.58. The summed E-state index contributed by atoms with van der Waals surface area (Å²) in [4.78, 5) is 13.0. The normalized spacial score (nSPS) is 21.8. The zero-order valence-electron chi connectivity index (χ0n) is 10.7. The second kappa shape index (κ2) is 5.40. The molecule has 1 fully saturated rings. The molecule has 1 rings (SSSR count). The van der Waals surface area contributed by atoms with Crippen LogP contribution >= 0.6 is 0 Å². The first kappa shape index (κ1) is 15.2. The molecule has 0 aromatic rings. The number of halogens is 1. The van der Waals surface area contributed by atoms with E-state index in [9.17, 15) is 17.1 Å². The van der Waals surface area contributed by atoms with E-state index < -0.39 is 33.7 Å². The van der Waals surface area contributed by atoms with Crippen molar-refractivity contribution in [3.05, 3.63) is 0 Å². The Kier molecular flexibility index (Phi) is 4.55. The lowest BCUT2D eigenvalue weighted by Gasteiger charge is -2.35. The van der Waals surface area contributed by atoms with Gasteiger partial charge in [-0.25, -0.2) is 4.79 Å². The van der Waals surface area contributed by atoms with Crippen molar-refractivity contribution < 1.29 is 26.6 Å². The molecular formula is C10H18FNO5S. The lowest BCUT2D eigenvalue weighted by molar-refractivity contribution is -0.0271. The largest absolute Gasteiger partial charge is 0.444 e. The Labute approximate surface area is 106 Å². The van der Waals surface area contributed by atoms with Crippen LogP contribution in [0.2, 0.25) is 0 Å². The third-order valence-corrected chi connectivity index (χ3v) is 3.03. The van der Waals surface area contributed by atoms with Gasteiger partial charge in [-0.2, -0.15) is 8.42 Å². The summed E-state index contributed by atoms with van der Waals surface area (Å²) < 4.78 is 44.2. The van der Waals surface area contributed by atoms with Gasteiger partial charge in [0.25, 0.3) is 0 Å². The molecule has 1 amide bonds. The monoisotopic (exact) mass is 283 g/mol. The van der Waals surface area contributed by atoms with Crippen molar-refractivity contribution in [2.45, 2.75) is 32.4 Å². The SMILES string of the molecule is CC(C)(C)OC(=O)N1CCOCC1CS(=O)(=O)F. The van der Waals surface area contributed by atoms with E-state index in [0.717, 1.165) is 0 Å². The summed E-state index contributed by atoms with van der Waals surface area (Å²) in [5.74, 6) is -0.772. The molecule has 0 N–H and O–H groups in total. The van der Waals surface area contributed by atoms with Crippen LogP contribution in [0, 0.1) is 0 Å². The van der Waals surface area contributed by atoms with Gasteiger partial charge in [-0.3, -0.25) is 4.90 Å². The molecule has 0 bridgehead atoms. The molecule has 0 aliphatic carbocycles. The number of carbonyl (C=O) groups excluding carboxylic acids is 1. The predicted molar refractivity (Wildman–Crippen MR) is 62.4 cm³/mol. The van der Waals surface area contributed by atoms with Gasteiger partial charge in [0.2, 0.25) is 0 Å². The molecule has 106 valence electrons. The van der Waals surface area contributed by atoms with E-state index in [1.54, 1.807) is 20.8 Å². The molecule has 1 aliphatic heterocycles. The highest BCUT2D eigenvalue weighted by molar-refractivity contribution is 7.86. The number of nitrogens with zero attached hydrogens (tertiary/aromatic N) is 1. The fourth-order valence-corrected chi connectivity index (χ4v) is 2.32. The Balaban J connectivity index is 2.73. The van der Waals surface area contributed by atoms with Gasteiger partial charge in [-0.1, -0.05) is 0 Å². The van der Waals surface area contributed by atoms with Crippen LogP contribution in [0.5, 0.6) is 0 Å². The predicted octanol–water partition coefficient (Wildman–Crippen LogP) is 0.922. The smallest absolute Gasteiger partial charge is 0.410 e. The van der Waals surface area contributed by atoms with Crippen LogP contribution in [0.4, 0.5) is 8.68 Å². The topological polar surface area (TPSA) is 72.9 Å². The molecule has 0 spiro atoms. The maximum absolute atomic E-state index is 12.7. The average Bonchev–Trinajstić information content (AvgIpc) is 2.12. The highest BCUT2D eigenvalue weighted by Gasteiger charge is 2.33. The molecule has 6 nitrogen and oxygen atoms in total. The number of morpholine rings is 1. The van der Waals surface area contributed by atoms with E-state index >= 15 is 0 Å². The molecule has 18 heavy (non-hydrogen) atoms. The zero-order chi connectivity index (χ0) is 14.0. The van der Waals surface area contributed by atoms with Crippen molar-refractivity contribution in [1.29, 1.82) is 0 Å². The van der Waals surface area contributed by atoms with Crippen molar-refractivity contribution in [3.63, 3.8) is 0 Å². The molecule has 8 heteroatoms. The molecule has 0 aromatic carbocycles. The van der Waals surface area contributed by atoms with E-state index in [1.165, 1.54) is 4.90 Å². The Bertz CT molecular complexity index is 403. The van der Waals surface area contributed by atoms with E-state index in [1.807, 2.05) is 0 Å². The summed E-state index contributed by atoms with van der Waals surface area (Å²) in [5.41, 5.74) is -0.686. The van der Waals surface area contributed by atoms with Gasteiger partial charge in [0.1, 0.15) is 11.4 Å². The van der Waals surface area contributed by atoms with Gasteiger partial charge in [-0.05, 0) is 20.8 Å². The quantitative estimate of drug-likeness (QED) is 0.705. The Morgan fingerprint density at radius 2 is 2.11 bits per heavy atom. The lowest BCUT2D eigenvalue weighted by Crippen LogP contribution is -2.52. The van der Waals surface area contributed by atoms with Gasteiger partial charge >= 0.3 is 16.3 Å². The molecular weight excluding hydrogens is 265 g/mol. The molecule has 1 heterocycles. The highest BCUT2D eigenvalue weighted by Crippen LogP contribution is 2.16. The van der Waals surface area contributed by atoms with Crippen molar-refractivity contribution in [2.24, 2.45) is 0 Å². The number of amides is 1. The van der Waals surface area contributed by atoms with Gasteiger partial charge < -0.3 is 9.47 Å². The molecule has 1 atom stereocenters. The van der Waals surface area contributed by atoms with Crippen LogP contribution in [0.25, 0.3) is 0 Å². The lowest BCUT2D eigenvalue weighted by atomic mass is 10.2. The molecule has 0 aromatic heterocycles. The summed E-state index contributed by atoms with van der Waals surface area (Å²) in [5, 5.41) is 0. The number of rotatable bonds is 2. The summed E-state index contributed by atoms with van der Waals surface area (Å²) in [6.07, 6.45) is -0.653. The summed E-state index contributed by atoms with van der Waals surface area (Å²) in [6.45, 7) is 5.56. The van der Waals surface area contributed by atoms with E-state index in [-0.39, 0.29) is 19.8 Å². The van der Waals surface area contributed by atoms with Crippen molar-refractivity contribution in [3.8, 4) is 0 Å². The number of hydrogen-bond donors (Lipinski definition) is 0. The van der Waals surface area contributed by atoms with E-state index in [0.29, 0.717) is 0 Å². The first-order chi connectivity index (χ1) is 8.08. The Hall–Kier alpha value is -0.890. The summed E-state index contributed by atoms with van der Waals surface area (Å²) in [6, 6.07) is -0.844. The van der Waals surface area contributed by atoms with Crippen LogP contribution in [0.1, 0.15) is 20.8 Å². The van der Waals surface area contributed by atoms with Crippen LogP contribution < -0.4 is 0 Å². The minimum atomic E-state index is -4.66. The van der Waals surface area contributed by atoms with E-state index in [2.05, 4.69) is 0 Å². The first-order valence-corrected chi connectivity index (χ1v) is 7.13. The van der Waals surface area contributed by atoms with Gasteiger partial charge in [0, 0.05) is 6.54 Å². The molecule has 0 saturated carbocycles. The van der Waals surface area contributed by atoms with Crippen LogP contribution in [0.15, 0.2) is 0 Å². The molecule has 1 aliphatic rings. The second-order valence-electron chi connectivity index (χ2n) is 5.11. The molecule has 1 saturated heterocycles. The van der Waals surface area contributed by atoms with Gasteiger partial charge in [0.15, 0.2) is 0 Å². The van der Waals surface area contributed by atoms with Gasteiger partial charge in [0.05, 0.1) is 19.3 Å². The fraction of sp³-hybridized carbons (Fsp3) is 0.900. The van der Waals surface area contributed by atoms with Crippen molar-refractivity contribution >= 4 is 16.3 Å². The summed E-state index contributed by atoms with van der Waals surface area (Å²) in [7, 11) is -4.66. The minimum Gasteiger partial charge on any atom is -0.444 e. The zero-order valence-corrected chi connectivity index (χ0v) is 11.5. The maximum Gasteiger partial charge on any atom is 0.410 e. The standard InChI is InChI=1S/C10H18FNO5S/c1-10(2,3)17-9(13)12-4-5-16-6-8(12)7-18(11,14)15/h8H,4-7H2,1-3H3. The third kappa shape index (κ3) is 5.18. The van der Waals surface area contributed by atoms with Crippen LogP contribution in [-0.4, -0.2) is 56.6 Å². The number of ether oxygens (including phenoxy) is 2. The Morgan fingerprint density at radius 3 is 2.61 bits per heavy atom. The number of hydrogen-bond acceptors (Lipinski definition) is 5. The highest BCUT2D eigenvalue weighted by atomic mass is 32.3.